The van der Waals surface area contributed by atoms with Crippen molar-refractivity contribution in [1.29, 1.82) is 0 Å². The zero-order valence-electron chi connectivity index (χ0n) is 9.48. The monoisotopic (exact) mass is 242 g/mol. The van der Waals surface area contributed by atoms with Gasteiger partial charge >= 0.3 is 5.69 Å². The van der Waals surface area contributed by atoms with Crippen LogP contribution in [0.15, 0.2) is 36.8 Å². The van der Waals surface area contributed by atoms with Crippen LogP contribution in [0.1, 0.15) is 5.56 Å². The summed E-state index contributed by atoms with van der Waals surface area (Å²) in [6, 6.07) is 4.91. The highest BCUT2D eigenvalue weighted by Crippen LogP contribution is 2.36. The standard InChI is InChI=1S/C12H10N4O2/c17-16(18)11-2-1-5-14-12(11)15-7-4-9-8-13-6-3-10(9)15/h1-3,5-6,8H,4,7H2. The van der Waals surface area contributed by atoms with Gasteiger partial charge in [0.1, 0.15) is 0 Å². The molecule has 0 aromatic carbocycles. The first kappa shape index (κ1) is 10.6. The Kier molecular flexibility index (Phi) is 2.40. The molecule has 0 amide bonds. The number of rotatable bonds is 2. The quantitative estimate of drug-likeness (QED) is 0.595. The van der Waals surface area contributed by atoms with E-state index < -0.39 is 4.92 Å². The van der Waals surface area contributed by atoms with Crippen molar-refractivity contribution in [3.63, 3.8) is 0 Å². The Bertz CT molecular complexity index is 615. The van der Waals surface area contributed by atoms with Crippen LogP contribution in [-0.2, 0) is 6.42 Å². The van der Waals surface area contributed by atoms with E-state index in [1.54, 1.807) is 24.7 Å². The minimum atomic E-state index is -0.401. The van der Waals surface area contributed by atoms with E-state index in [2.05, 4.69) is 9.97 Å². The largest absolute Gasteiger partial charge is 0.320 e. The maximum absolute atomic E-state index is 11.0. The van der Waals surface area contributed by atoms with Gasteiger partial charge in [-0.3, -0.25) is 15.1 Å². The number of aromatic nitrogens is 2. The fraction of sp³-hybridized carbons (Fsp3) is 0.167. The zero-order chi connectivity index (χ0) is 12.5. The molecule has 18 heavy (non-hydrogen) atoms. The molecule has 6 nitrogen and oxygen atoms in total. The van der Waals surface area contributed by atoms with Crippen LogP contribution in [0.25, 0.3) is 0 Å². The highest BCUT2D eigenvalue weighted by Gasteiger charge is 2.27. The highest BCUT2D eigenvalue weighted by molar-refractivity contribution is 5.72. The topological polar surface area (TPSA) is 72.2 Å². The Morgan fingerprint density at radius 2 is 2.22 bits per heavy atom. The Hall–Kier alpha value is -2.50. The van der Waals surface area contributed by atoms with Gasteiger partial charge in [0.05, 0.1) is 4.92 Å². The van der Waals surface area contributed by atoms with E-state index in [-0.39, 0.29) is 5.69 Å². The molecule has 3 rings (SSSR count). The average molecular weight is 242 g/mol. The zero-order valence-corrected chi connectivity index (χ0v) is 9.48. The third-order valence-corrected chi connectivity index (χ3v) is 2.99. The predicted octanol–water partition coefficient (Wildman–Crippen LogP) is 2.08. The molecule has 0 saturated carbocycles. The summed E-state index contributed by atoms with van der Waals surface area (Å²) in [4.78, 5) is 20.7. The highest BCUT2D eigenvalue weighted by atomic mass is 16.6. The first-order valence-electron chi connectivity index (χ1n) is 5.57. The van der Waals surface area contributed by atoms with Gasteiger partial charge in [0.25, 0.3) is 0 Å². The molecule has 90 valence electrons. The van der Waals surface area contributed by atoms with Crippen molar-refractivity contribution in [3.05, 3.63) is 52.5 Å². The molecule has 6 heteroatoms. The lowest BCUT2D eigenvalue weighted by molar-refractivity contribution is -0.384. The minimum absolute atomic E-state index is 0.0298. The van der Waals surface area contributed by atoms with Crippen molar-refractivity contribution in [2.45, 2.75) is 6.42 Å². The smallest absolute Gasteiger partial charge is 0.311 e. The molecule has 1 aliphatic rings. The van der Waals surface area contributed by atoms with Gasteiger partial charge in [0, 0.05) is 36.9 Å². The molecule has 2 aromatic heterocycles. The van der Waals surface area contributed by atoms with Gasteiger partial charge in [-0.15, -0.1) is 0 Å². The summed E-state index contributed by atoms with van der Waals surface area (Å²) in [5.41, 5.74) is 2.08. The Morgan fingerprint density at radius 3 is 3.06 bits per heavy atom. The number of nitro groups is 1. The van der Waals surface area contributed by atoms with Crippen LogP contribution < -0.4 is 4.90 Å². The SMILES string of the molecule is O=[N+]([O-])c1cccnc1N1CCc2cnccc21. The van der Waals surface area contributed by atoms with Crippen molar-refractivity contribution >= 4 is 17.2 Å². The lowest BCUT2D eigenvalue weighted by Gasteiger charge is -2.17. The molecule has 0 bridgehead atoms. The average Bonchev–Trinajstić information content (AvgIpc) is 2.82. The molecule has 3 heterocycles. The number of nitrogens with zero attached hydrogens (tertiary/aromatic N) is 4. The molecule has 0 N–H and O–H groups in total. The second kappa shape index (κ2) is 4.06. The minimum Gasteiger partial charge on any atom is -0.320 e. The number of fused-ring (bicyclic) bond motifs is 1. The molecule has 2 aromatic rings. The normalized spacial score (nSPS) is 13.4. The molecule has 0 saturated heterocycles. The molecule has 0 aliphatic carbocycles. The summed E-state index contributed by atoms with van der Waals surface area (Å²) < 4.78 is 0. The van der Waals surface area contributed by atoms with Gasteiger partial charge < -0.3 is 4.90 Å². The number of pyridine rings is 2. The van der Waals surface area contributed by atoms with Crippen LogP contribution in [0.5, 0.6) is 0 Å². The summed E-state index contributed by atoms with van der Waals surface area (Å²) in [6.07, 6.45) is 5.88. The van der Waals surface area contributed by atoms with E-state index >= 15 is 0 Å². The summed E-state index contributed by atoms with van der Waals surface area (Å²) in [7, 11) is 0. The van der Waals surface area contributed by atoms with Crippen molar-refractivity contribution in [3.8, 4) is 0 Å². The molecule has 0 spiro atoms. The first-order valence-corrected chi connectivity index (χ1v) is 5.57. The van der Waals surface area contributed by atoms with Crippen LogP contribution in [0.3, 0.4) is 0 Å². The lowest BCUT2D eigenvalue weighted by Crippen LogP contribution is -2.16. The van der Waals surface area contributed by atoms with Crippen LogP contribution in [0.2, 0.25) is 0 Å². The molecule has 0 radical (unpaired) electrons. The van der Waals surface area contributed by atoms with E-state index in [1.165, 1.54) is 6.07 Å². The first-order chi connectivity index (χ1) is 8.77. The van der Waals surface area contributed by atoms with Crippen molar-refractivity contribution < 1.29 is 4.92 Å². The van der Waals surface area contributed by atoms with Crippen molar-refractivity contribution in [2.75, 3.05) is 11.4 Å². The van der Waals surface area contributed by atoms with Gasteiger partial charge in [-0.2, -0.15) is 0 Å². The predicted molar refractivity (Wildman–Crippen MR) is 65.8 cm³/mol. The molecule has 0 fully saturated rings. The second-order valence-electron chi connectivity index (χ2n) is 4.01. The molecule has 0 atom stereocenters. The Balaban J connectivity index is 2.10. The summed E-state index contributed by atoms with van der Waals surface area (Å²) >= 11 is 0. The lowest BCUT2D eigenvalue weighted by atomic mass is 10.2. The number of anilines is 2. The van der Waals surface area contributed by atoms with E-state index in [1.807, 2.05) is 11.0 Å². The maximum atomic E-state index is 11.0. The summed E-state index contributed by atoms with van der Waals surface area (Å²) in [5.74, 6) is 0.396. The van der Waals surface area contributed by atoms with E-state index in [0.29, 0.717) is 12.4 Å². The molecular weight excluding hydrogens is 232 g/mol. The number of hydrogen-bond donors (Lipinski definition) is 0. The van der Waals surface area contributed by atoms with Crippen LogP contribution in [-0.4, -0.2) is 21.4 Å². The van der Waals surface area contributed by atoms with Crippen LogP contribution in [0, 0.1) is 10.1 Å². The Morgan fingerprint density at radius 1 is 1.33 bits per heavy atom. The van der Waals surface area contributed by atoms with Crippen LogP contribution >= 0.6 is 0 Å². The third kappa shape index (κ3) is 1.58. The van der Waals surface area contributed by atoms with Gasteiger partial charge in [-0.05, 0) is 24.1 Å². The summed E-state index contributed by atoms with van der Waals surface area (Å²) in [6.45, 7) is 0.693. The third-order valence-electron chi connectivity index (χ3n) is 2.99. The second-order valence-corrected chi connectivity index (χ2v) is 4.01. The molecular formula is C12H10N4O2. The van der Waals surface area contributed by atoms with Gasteiger partial charge in [0.2, 0.25) is 5.82 Å². The Labute approximate surface area is 103 Å². The van der Waals surface area contributed by atoms with Gasteiger partial charge in [0.15, 0.2) is 0 Å². The van der Waals surface area contributed by atoms with E-state index in [0.717, 1.165) is 17.7 Å². The van der Waals surface area contributed by atoms with Crippen molar-refractivity contribution in [1.82, 2.24) is 9.97 Å². The fourth-order valence-corrected chi connectivity index (χ4v) is 2.19. The fourth-order valence-electron chi connectivity index (χ4n) is 2.19. The number of hydrogen-bond acceptors (Lipinski definition) is 5. The van der Waals surface area contributed by atoms with E-state index in [4.69, 9.17) is 0 Å². The van der Waals surface area contributed by atoms with E-state index in [9.17, 15) is 10.1 Å². The van der Waals surface area contributed by atoms with Gasteiger partial charge in [-0.1, -0.05) is 0 Å². The van der Waals surface area contributed by atoms with Crippen molar-refractivity contribution in [2.24, 2.45) is 0 Å². The van der Waals surface area contributed by atoms with Crippen LogP contribution in [0.4, 0.5) is 17.2 Å². The molecule has 0 unspecified atom stereocenters. The maximum Gasteiger partial charge on any atom is 0.311 e. The molecule has 1 aliphatic heterocycles. The van der Waals surface area contributed by atoms with Gasteiger partial charge in [-0.25, -0.2) is 4.98 Å². The summed E-state index contributed by atoms with van der Waals surface area (Å²) in [5, 5.41) is 11.0.